The molecule has 0 aliphatic heterocycles. The second kappa shape index (κ2) is 6.21. The molecular formula is C14H19NO2. The Bertz CT molecular complexity index is 410. The third-order valence-corrected chi connectivity index (χ3v) is 2.68. The van der Waals surface area contributed by atoms with Crippen LogP contribution in [0, 0.1) is 0 Å². The average Bonchev–Trinajstić information content (AvgIpc) is 2.26. The van der Waals surface area contributed by atoms with Crippen LogP contribution in [0.1, 0.15) is 25.0 Å². The van der Waals surface area contributed by atoms with Gasteiger partial charge in [0.15, 0.2) is 0 Å². The van der Waals surface area contributed by atoms with Gasteiger partial charge >= 0.3 is 5.97 Å². The average molecular weight is 233 g/mol. The van der Waals surface area contributed by atoms with E-state index in [2.05, 4.69) is 31.9 Å². The molecule has 3 nitrogen and oxygen atoms in total. The molecule has 0 bridgehead atoms. The van der Waals surface area contributed by atoms with Crippen LogP contribution >= 0.6 is 0 Å². The van der Waals surface area contributed by atoms with E-state index in [4.69, 9.17) is 5.11 Å². The quantitative estimate of drug-likeness (QED) is 0.795. The number of nitrogens with zero attached hydrogens (tertiary/aromatic N) is 1. The van der Waals surface area contributed by atoms with Gasteiger partial charge in [-0.3, -0.25) is 4.90 Å². The minimum atomic E-state index is -0.922. The van der Waals surface area contributed by atoms with Gasteiger partial charge in [-0.25, -0.2) is 4.79 Å². The summed E-state index contributed by atoms with van der Waals surface area (Å²) in [7, 11) is 2.07. The molecule has 17 heavy (non-hydrogen) atoms. The summed E-state index contributed by atoms with van der Waals surface area (Å²) in [5, 5.41) is 8.57. The van der Waals surface area contributed by atoms with Crippen LogP contribution in [-0.4, -0.2) is 29.1 Å². The topological polar surface area (TPSA) is 40.5 Å². The van der Waals surface area contributed by atoms with Crippen molar-refractivity contribution in [3.8, 4) is 0 Å². The van der Waals surface area contributed by atoms with E-state index < -0.39 is 5.97 Å². The lowest BCUT2D eigenvalue weighted by Crippen LogP contribution is -2.25. The first-order chi connectivity index (χ1) is 7.99. The summed E-state index contributed by atoms with van der Waals surface area (Å²) in [6.45, 7) is 5.16. The van der Waals surface area contributed by atoms with Crippen LogP contribution in [0.4, 0.5) is 0 Å². The minimum absolute atomic E-state index is 0.494. The molecule has 0 saturated heterocycles. The number of carbonyl (C=O) groups is 1. The molecule has 0 radical (unpaired) electrons. The Balaban J connectivity index is 2.75. The summed E-state index contributed by atoms with van der Waals surface area (Å²) < 4.78 is 0. The van der Waals surface area contributed by atoms with E-state index in [1.165, 1.54) is 5.56 Å². The van der Waals surface area contributed by atoms with Crippen molar-refractivity contribution in [2.75, 3.05) is 7.05 Å². The molecule has 0 spiro atoms. The van der Waals surface area contributed by atoms with Gasteiger partial charge in [0.05, 0.1) is 0 Å². The highest BCUT2D eigenvalue weighted by molar-refractivity contribution is 5.85. The molecule has 1 aromatic rings. The predicted octanol–water partition coefficient (Wildman–Crippen LogP) is 2.62. The van der Waals surface area contributed by atoms with Gasteiger partial charge in [0, 0.05) is 18.7 Å². The first-order valence-corrected chi connectivity index (χ1v) is 5.69. The lowest BCUT2D eigenvalue weighted by molar-refractivity contribution is -0.131. The van der Waals surface area contributed by atoms with Gasteiger partial charge in [0.25, 0.3) is 0 Å². The number of hydrogen-bond acceptors (Lipinski definition) is 2. The smallest absolute Gasteiger partial charge is 0.328 e. The van der Waals surface area contributed by atoms with Gasteiger partial charge in [-0.1, -0.05) is 24.3 Å². The normalized spacial score (nSPS) is 11.6. The van der Waals surface area contributed by atoms with E-state index in [1.807, 2.05) is 18.2 Å². The Morgan fingerprint density at radius 1 is 1.47 bits per heavy atom. The van der Waals surface area contributed by atoms with Gasteiger partial charge in [-0.2, -0.15) is 0 Å². The first kappa shape index (κ1) is 13.5. The summed E-state index contributed by atoms with van der Waals surface area (Å²) in [5.41, 5.74) is 2.11. The summed E-state index contributed by atoms with van der Waals surface area (Å²) in [6.07, 6.45) is 2.77. The third-order valence-electron chi connectivity index (χ3n) is 2.68. The van der Waals surface area contributed by atoms with Crippen molar-refractivity contribution in [1.29, 1.82) is 0 Å². The number of rotatable bonds is 5. The molecule has 1 rings (SSSR count). The third kappa shape index (κ3) is 4.83. The van der Waals surface area contributed by atoms with Crippen molar-refractivity contribution >= 4 is 12.0 Å². The Morgan fingerprint density at radius 3 is 2.76 bits per heavy atom. The molecule has 3 heteroatoms. The van der Waals surface area contributed by atoms with E-state index >= 15 is 0 Å². The molecule has 0 atom stereocenters. The molecular weight excluding hydrogens is 214 g/mol. The molecule has 1 aromatic carbocycles. The maximum absolute atomic E-state index is 10.4. The van der Waals surface area contributed by atoms with Gasteiger partial charge in [-0.05, 0) is 38.1 Å². The van der Waals surface area contributed by atoms with Crippen molar-refractivity contribution in [1.82, 2.24) is 4.90 Å². The van der Waals surface area contributed by atoms with Crippen molar-refractivity contribution < 1.29 is 9.90 Å². The van der Waals surface area contributed by atoms with E-state index in [0.29, 0.717) is 6.04 Å². The highest BCUT2D eigenvalue weighted by atomic mass is 16.4. The zero-order chi connectivity index (χ0) is 12.8. The Kier molecular flexibility index (Phi) is 4.91. The fourth-order valence-electron chi connectivity index (χ4n) is 1.43. The van der Waals surface area contributed by atoms with Crippen LogP contribution in [0.2, 0.25) is 0 Å². The van der Waals surface area contributed by atoms with Crippen molar-refractivity contribution in [2.45, 2.75) is 26.4 Å². The van der Waals surface area contributed by atoms with Crippen molar-refractivity contribution in [3.63, 3.8) is 0 Å². The van der Waals surface area contributed by atoms with Gasteiger partial charge in [0.1, 0.15) is 0 Å². The molecule has 1 N–H and O–H groups in total. The molecule has 0 aromatic heterocycles. The zero-order valence-electron chi connectivity index (χ0n) is 10.6. The second-order valence-corrected chi connectivity index (χ2v) is 4.43. The van der Waals surface area contributed by atoms with E-state index in [9.17, 15) is 4.79 Å². The number of benzene rings is 1. The van der Waals surface area contributed by atoms with Crippen LogP contribution in [0.5, 0.6) is 0 Å². The first-order valence-electron chi connectivity index (χ1n) is 5.69. The van der Waals surface area contributed by atoms with Crippen LogP contribution in [-0.2, 0) is 11.3 Å². The number of carboxylic acid groups (broad SMARTS) is 1. The fraction of sp³-hybridized carbons (Fsp3) is 0.357. The molecule has 0 unspecified atom stereocenters. The summed E-state index contributed by atoms with van der Waals surface area (Å²) >= 11 is 0. The molecule has 0 amide bonds. The van der Waals surface area contributed by atoms with Crippen molar-refractivity contribution in [3.05, 3.63) is 41.5 Å². The number of carboxylic acids is 1. The lowest BCUT2D eigenvalue weighted by atomic mass is 10.1. The van der Waals surface area contributed by atoms with E-state index in [-0.39, 0.29) is 0 Å². The van der Waals surface area contributed by atoms with Crippen LogP contribution in [0.15, 0.2) is 30.3 Å². The summed E-state index contributed by atoms with van der Waals surface area (Å²) in [4.78, 5) is 12.7. The molecule has 0 saturated carbocycles. The van der Waals surface area contributed by atoms with E-state index in [0.717, 1.165) is 18.2 Å². The zero-order valence-corrected chi connectivity index (χ0v) is 10.6. The fourth-order valence-corrected chi connectivity index (χ4v) is 1.43. The maximum Gasteiger partial charge on any atom is 0.328 e. The monoisotopic (exact) mass is 233 g/mol. The SMILES string of the molecule is CC(C)N(C)Cc1cccc(C=CC(=O)O)c1. The lowest BCUT2D eigenvalue weighted by Gasteiger charge is -2.21. The predicted molar refractivity (Wildman–Crippen MR) is 69.7 cm³/mol. The summed E-state index contributed by atoms with van der Waals surface area (Å²) in [6, 6.07) is 8.41. The van der Waals surface area contributed by atoms with Gasteiger partial charge in [-0.15, -0.1) is 0 Å². The Labute approximate surface area is 102 Å². The molecule has 0 fully saturated rings. The summed E-state index contributed by atoms with van der Waals surface area (Å²) in [5.74, 6) is -0.922. The van der Waals surface area contributed by atoms with Crippen LogP contribution in [0.25, 0.3) is 6.08 Å². The van der Waals surface area contributed by atoms with Crippen molar-refractivity contribution in [2.24, 2.45) is 0 Å². The Morgan fingerprint density at radius 2 is 2.18 bits per heavy atom. The highest BCUT2D eigenvalue weighted by Gasteiger charge is 2.04. The standard InChI is InChI=1S/C14H19NO2/c1-11(2)15(3)10-13-6-4-5-12(9-13)7-8-14(16)17/h4-9,11H,10H2,1-3H3,(H,16,17). The molecule has 0 heterocycles. The van der Waals surface area contributed by atoms with Crippen LogP contribution < -0.4 is 0 Å². The number of aliphatic carboxylic acids is 1. The van der Waals surface area contributed by atoms with Crippen LogP contribution in [0.3, 0.4) is 0 Å². The molecule has 0 aliphatic carbocycles. The number of hydrogen-bond donors (Lipinski definition) is 1. The van der Waals surface area contributed by atoms with Gasteiger partial charge < -0.3 is 5.11 Å². The maximum atomic E-state index is 10.4. The second-order valence-electron chi connectivity index (χ2n) is 4.43. The molecule has 0 aliphatic rings. The van der Waals surface area contributed by atoms with Gasteiger partial charge in [0.2, 0.25) is 0 Å². The Hall–Kier alpha value is -1.61. The minimum Gasteiger partial charge on any atom is -0.478 e. The van der Waals surface area contributed by atoms with E-state index in [1.54, 1.807) is 6.08 Å². The molecule has 92 valence electrons. The largest absolute Gasteiger partial charge is 0.478 e. The highest BCUT2D eigenvalue weighted by Crippen LogP contribution is 2.10.